The molecule has 0 spiro atoms. The Hall–Kier alpha value is -8.20. The Morgan fingerprint density at radius 3 is 1.50 bits per heavy atom. The average molecular weight is 817 g/mol. The first-order valence-corrected chi connectivity index (χ1v) is 19.1. The molecule has 0 fully saturated rings. The first-order chi connectivity index (χ1) is 41.6. The Kier molecular flexibility index (Phi) is 4.83. The van der Waals surface area contributed by atoms with Gasteiger partial charge in [-0.25, -0.2) is 0 Å². The molecule has 2 nitrogen and oxygen atoms in total. The number of para-hydroxylation sites is 2. The highest BCUT2D eigenvalue weighted by atomic mass is 15.1. The maximum atomic E-state index is 9.86. The molecule has 1 aromatic heterocycles. The summed E-state index contributed by atoms with van der Waals surface area (Å²) < 4.78 is 238. The molecule has 2 heteroatoms. The zero-order chi connectivity index (χ0) is 63.9. The number of aromatic nitrogens is 1. The monoisotopic (exact) mass is 816 g/mol. The quantitative estimate of drug-likeness (QED) is 0.141. The van der Waals surface area contributed by atoms with Crippen LogP contribution in [0.1, 0.15) is 35.6 Å². The minimum atomic E-state index is -1.24. The van der Waals surface area contributed by atoms with E-state index in [1.54, 1.807) is 18.2 Å². The molecule has 0 bridgehead atoms. The van der Waals surface area contributed by atoms with E-state index in [4.69, 9.17) is 21.9 Å². The molecule has 0 radical (unpaired) electrons. The lowest BCUT2D eigenvalue weighted by Gasteiger charge is -2.28. The van der Waals surface area contributed by atoms with Crippen molar-refractivity contribution in [3.8, 4) is 61.3 Å². The lowest BCUT2D eigenvalue weighted by molar-refractivity contribution is 1.18. The summed E-state index contributed by atoms with van der Waals surface area (Å²) in [5.41, 5.74) is -4.25. The fraction of sp³-hybridized carbons (Fsp3) is 0. The first kappa shape index (κ1) is 18.6. The molecule has 62 heavy (non-hydrogen) atoms. The second-order valence-electron chi connectivity index (χ2n) is 13.8. The van der Waals surface area contributed by atoms with Crippen LogP contribution in [-0.4, -0.2) is 4.57 Å². The summed E-state index contributed by atoms with van der Waals surface area (Å²) in [6, 6.07) is 3.75. The van der Waals surface area contributed by atoms with Crippen LogP contribution in [0.4, 0.5) is 17.1 Å². The second kappa shape index (κ2) is 16.1. The number of hydrogen-bond donors (Lipinski definition) is 0. The first-order valence-electron chi connectivity index (χ1n) is 32.1. The van der Waals surface area contributed by atoms with Crippen molar-refractivity contribution >= 4 is 38.9 Å². The van der Waals surface area contributed by atoms with E-state index in [0.717, 1.165) is 27.7 Å². The van der Waals surface area contributed by atoms with Gasteiger partial charge >= 0.3 is 0 Å². The summed E-state index contributed by atoms with van der Waals surface area (Å²) in [4.78, 5) is 0.458. The van der Waals surface area contributed by atoms with Gasteiger partial charge in [-0.05, 0) is 111 Å². The largest absolute Gasteiger partial charge is 0.310 e. The molecule has 0 unspecified atom stereocenters. The van der Waals surface area contributed by atoms with E-state index in [2.05, 4.69) is 0 Å². The van der Waals surface area contributed by atoms with Crippen molar-refractivity contribution in [2.75, 3.05) is 4.90 Å². The van der Waals surface area contributed by atoms with Gasteiger partial charge in [0.15, 0.2) is 0 Å². The van der Waals surface area contributed by atoms with Gasteiger partial charge in [-0.1, -0.05) is 194 Å². The van der Waals surface area contributed by atoms with E-state index < -0.39 is 208 Å². The number of benzene rings is 10. The summed E-state index contributed by atoms with van der Waals surface area (Å²) in [5.74, 6) is 0. The van der Waals surface area contributed by atoms with Gasteiger partial charge in [-0.3, -0.25) is 0 Å². The van der Waals surface area contributed by atoms with Gasteiger partial charge in [0.05, 0.1) is 52.4 Å². The molecule has 292 valence electrons. The van der Waals surface area contributed by atoms with Crippen molar-refractivity contribution < 1.29 is 35.6 Å². The van der Waals surface area contributed by atoms with Crippen LogP contribution in [0.15, 0.2) is 254 Å². The van der Waals surface area contributed by atoms with Gasteiger partial charge in [-0.15, -0.1) is 0 Å². The molecule has 11 aromatic rings. The summed E-state index contributed by atoms with van der Waals surface area (Å²) in [7, 11) is 0. The fourth-order valence-corrected chi connectivity index (χ4v) is 7.27. The van der Waals surface area contributed by atoms with E-state index in [1.165, 1.54) is 0 Å². The highest BCUT2D eigenvalue weighted by Crippen LogP contribution is 2.43. The molecule has 0 N–H and O–H groups in total. The SMILES string of the molecule is [2H]c1c([2H])c([2H])c(-c2c([2H])c([2H])c(-c3c([2H])c([2H])c(N(c4c([2H])c([2H])c(-c5ccc6c(c5)c5ccccc5n6-c5cccc(-c6ccccc6)c5)c([2H])c4[2H])c4c([2H])c([2H])c([2H])c([2H])c4-c4c([2H])c([2H])c([2H])c([2H])c4[2H])c([2H])c3[2H])c([2H])c2[2H])c([2H])c1[2H]. The van der Waals surface area contributed by atoms with E-state index in [0.29, 0.717) is 15.8 Å². The van der Waals surface area contributed by atoms with Gasteiger partial charge in [0, 0.05) is 33.4 Å². The lowest BCUT2D eigenvalue weighted by Crippen LogP contribution is -2.11. The van der Waals surface area contributed by atoms with Gasteiger partial charge in [0.1, 0.15) is 0 Å². The normalized spacial score (nSPS) is 17.1. The maximum absolute atomic E-state index is 9.86. The highest BCUT2D eigenvalue weighted by Gasteiger charge is 2.19. The van der Waals surface area contributed by atoms with Crippen LogP contribution in [-0.2, 0) is 0 Å². The molecule has 11 rings (SSSR count). The van der Waals surface area contributed by atoms with Crippen molar-refractivity contribution in [3.05, 3.63) is 254 Å². The molecule has 0 amide bonds. The number of hydrogen-bond acceptors (Lipinski definition) is 1. The predicted molar refractivity (Wildman–Crippen MR) is 263 cm³/mol. The van der Waals surface area contributed by atoms with Gasteiger partial charge < -0.3 is 9.47 Å². The molecule has 0 saturated heterocycles. The van der Waals surface area contributed by atoms with Gasteiger partial charge in [0.2, 0.25) is 0 Å². The van der Waals surface area contributed by atoms with Gasteiger partial charge in [-0.2, -0.15) is 0 Å². The zero-order valence-electron chi connectivity index (χ0n) is 58.1. The van der Waals surface area contributed by atoms with Crippen LogP contribution < -0.4 is 4.90 Å². The standard InChI is InChI=1S/C60H42N2/c1-4-15-43(16-5-1)45-27-29-46(30-28-45)47-31-36-52(37-32-47)61(58-25-12-10-23-55(58)49-19-8-3-9-20-49)53-38-33-48(34-39-53)51-35-40-60-57(42-51)56-24-11-13-26-59(56)62(60)54-22-14-21-50(41-54)44-17-6-2-7-18-44/h1-42H/i1D,3D,4D,5D,8D,9D,10D,12D,15D,16D,19D,20D,23D,25D,27D,28D,29D,30D,31D,32D,33D,34D,36D,37D,38D,39D. The zero-order valence-corrected chi connectivity index (χ0v) is 32.1. The van der Waals surface area contributed by atoms with Crippen LogP contribution in [0.25, 0.3) is 83.1 Å². The topological polar surface area (TPSA) is 8.17 Å². The van der Waals surface area contributed by atoms with Crippen molar-refractivity contribution in [1.82, 2.24) is 4.57 Å². The molecule has 0 atom stereocenters. The molecule has 0 aliphatic rings. The lowest BCUT2D eigenvalue weighted by atomic mass is 9.99. The number of nitrogens with zero attached hydrogens (tertiary/aromatic N) is 2. The molecule has 0 saturated carbocycles. The Balaban J connectivity index is 1.20. The molecular weight excluding hydrogens is 749 g/mol. The van der Waals surface area contributed by atoms with Crippen molar-refractivity contribution in [2.24, 2.45) is 0 Å². The summed E-state index contributed by atoms with van der Waals surface area (Å²) in [6.45, 7) is 0. The van der Waals surface area contributed by atoms with Crippen molar-refractivity contribution in [3.63, 3.8) is 0 Å². The molecule has 0 aliphatic heterocycles. The Morgan fingerprint density at radius 2 is 0.823 bits per heavy atom. The Bertz CT molecular complexity index is 4740. The van der Waals surface area contributed by atoms with Crippen molar-refractivity contribution in [2.45, 2.75) is 0 Å². The molecular formula is C60H42N2. The smallest absolute Gasteiger partial charge is 0.0645 e. The van der Waals surface area contributed by atoms with Crippen LogP contribution in [0.2, 0.25) is 0 Å². The number of fused-ring (bicyclic) bond motifs is 3. The molecule has 10 aromatic carbocycles. The van der Waals surface area contributed by atoms with E-state index in [1.807, 2.05) is 83.4 Å². The maximum Gasteiger partial charge on any atom is 0.0645 e. The third kappa shape index (κ3) is 6.94. The van der Waals surface area contributed by atoms with Crippen LogP contribution >= 0.6 is 0 Å². The Morgan fingerprint density at radius 1 is 0.323 bits per heavy atom. The average Bonchev–Trinajstić information content (AvgIpc) is 1.00. The number of rotatable bonds is 9. The van der Waals surface area contributed by atoms with E-state index in [9.17, 15) is 13.7 Å². The third-order valence-corrected chi connectivity index (χ3v) is 10.1. The summed E-state index contributed by atoms with van der Waals surface area (Å²) in [6.07, 6.45) is 0. The third-order valence-electron chi connectivity index (χ3n) is 10.1. The van der Waals surface area contributed by atoms with Gasteiger partial charge in [0.25, 0.3) is 0 Å². The molecule has 1 heterocycles. The van der Waals surface area contributed by atoms with Crippen LogP contribution in [0.3, 0.4) is 0 Å². The van der Waals surface area contributed by atoms with Crippen LogP contribution in [0.5, 0.6) is 0 Å². The highest BCUT2D eigenvalue weighted by molar-refractivity contribution is 6.10. The second-order valence-corrected chi connectivity index (χ2v) is 13.8. The summed E-state index contributed by atoms with van der Waals surface area (Å²) >= 11 is 0. The minimum Gasteiger partial charge on any atom is -0.310 e. The summed E-state index contributed by atoms with van der Waals surface area (Å²) in [5, 5.41) is 1.36. The molecule has 0 aliphatic carbocycles. The number of anilines is 3. The van der Waals surface area contributed by atoms with Crippen molar-refractivity contribution in [1.29, 1.82) is 0 Å². The predicted octanol–water partition coefficient (Wildman–Crippen LogP) is 16.6. The Labute approximate surface area is 399 Å². The fourth-order valence-electron chi connectivity index (χ4n) is 7.27. The van der Waals surface area contributed by atoms with E-state index >= 15 is 0 Å². The van der Waals surface area contributed by atoms with E-state index in [-0.39, 0.29) is 11.1 Å². The van der Waals surface area contributed by atoms with Crippen LogP contribution in [0, 0.1) is 0 Å². The minimum absolute atomic E-state index is 0.149.